The minimum atomic E-state index is -0.677. The predicted octanol–water partition coefficient (Wildman–Crippen LogP) is 1.92. The first-order valence-corrected chi connectivity index (χ1v) is 9.43. The van der Waals surface area contributed by atoms with Crippen molar-refractivity contribution in [1.82, 2.24) is 14.9 Å². The Morgan fingerprint density at radius 2 is 2.07 bits per heavy atom. The van der Waals surface area contributed by atoms with Gasteiger partial charge in [0.15, 0.2) is 11.6 Å². The summed E-state index contributed by atoms with van der Waals surface area (Å²) in [5, 5.41) is 3.31. The highest BCUT2D eigenvalue weighted by atomic mass is 19.1. The molecule has 0 saturated carbocycles. The molecule has 3 rings (SSSR count). The van der Waals surface area contributed by atoms with Crippen LogP contribution in [0.2, 0.25) is 0 Å². The largest absolute Gasteiger partial charge is 0.462 e. The van der Waals surface area contributed by atoms with Gasteiger partial charge >= 0.3 is 5.97 Å². The van der Waals surface area contributed by atoms with Crippen LogP contribution in [0, 0.1) is 5.82 Å². The molecule has 0 bridgehead atoms. The lowest BCUT2D eigenvalue weighted by molar-refractivity contribution is 0.0497. The zero-order chi connectivity index (χ0) is 19.4. The standard InChI is InChI=1S/C19H25FN4O3/c1-3-5-10-27-19(26)14-12-23(4-2)17-13(16(14)25)11-15(20)18(22-17)24-8-6-21-7-9-24/h11-12,21H,3-10H2,1-2H3. The van der Waals surface area contributed by atoms with Crippen molar-refractivity contribution in [3.63, 3.8) is 0 Å². The first kappa shape index (κ1) is 19.3. The first-order chi connectivity index (χ1) is 13.1. The van der Waals surface area contributed by atoms with E-state index in [1.165, 1.54) is 12.3 Å². The number of esters is 1. The lowest BCUT2D eigenvalue weighted by Crippen LogP contribution is -2.44. The van der Waals surface area contributed by atoms with Crippen molar-refractivity contribution in [3.05, 3.63) is 33.9 Å². The third-order valence-electron chi connectivity index (χ3n) is 4.69. The van der Waals surface area contributed by atoms with Gasteiger partial charge in [-0.25, -0.2) is 14.2 Å². The van der Waals surface area contributed by atoms with Gasteiger partial charge in [0.05, 0.1) is 12.0 Å². The van der Waals surface area contributed by atoms with Crippen molar-refractivity contribution in [2.24, 2.45) is 0 Å². The van der Waals surface area contributed by atoms with Crippen molar-refractivity contribution in [2.75, 3.05) is 37.7 Å². The molecule has 1 N–H and O–H groups in total. The number of piperazine rings is 1. The molecule has 2 aromatic heterocycles. The summed E-state index contributed by atoms with van der Waals surface area (Å²) in [5.41, 5.74) is -0.256. The molecule has 0 aromatic carbocycles. The van der Waals surface area contributed by atoms with E-state index >= 15 is 0 Å². The summed E-state index contributed by atoms with van der Waals surface area (Å²) >= 11 is 0. The Balaban J connectivity index is 2.06. The van der Waals surface area contributed by atoms with E-state index in [2.05, 4.69) is 10.3 Å². The molecule has 146 valence electrons. The maximum Gasteiger partial charge on any atom is 0.343 e. The Kier molecular flexibility index (Phi) is 6.05. The van der Waals surface area contributed by atoms with Crippen LogP contribution < -0.4 is 15.6 Å². The van der Waals surface area contributed by atoms with Gasteiger partial charge in [-0.05, 0) is 19.4 Å². The molecule has 1 aliphatic heterocycles. The monoisotopic (exact) mass is 376 g/mol. The van der Waals surface area contributed by atoms with Crippen LogP contribution in [0.1, 0.15) is 37.0 Å². The minimum Gasteiger partial charge on any atom is -0.462 e. The molecule has 0 unspecified atom stereocenters. The average molecular weight is 376 g/mol. The highest BCUT2D eigenvalue weighted by molar-refractivity contribution is 5.93. The molecular formula is C19H25FN4O3. The van der Waals surface area contributed by atoms with E-state index in [4.69, 9.17) is 4.74 Å². The van der Waals surface area contributed by atoms with E-state index in [1.54, 1.807) is 4.57 Å². The van der Waals surface area contributed by atoms with E-state index in [-0.39, 0.29) is 23.4 Å². The van der Waals surface area contributed by atoms with Crippen molar-refractivity contribution in [1.29, 1.82) is 0 Å². The number of unbranched alkanes of at least 4 members (excludes halogenated alkanes) is 1. The summed E-state index contributed by atoms with van der Waals surface area (Å²) in [6, 6.07) is 1.19. The SMILES string of the molecule is CCCCOC(=O)c1cn(CC)c2nc(N3CCNCC3)c(F)cc2c1=O. The van der Waals surface area contributed by atoms with Crippen LogP contribution in [0.25, 0.3) is 11.0 Å². The maximum atomic E-state index is 14.7. The molecule has 7 nitrogen and oxygen atoms in total. The zero-order valence-electron chi connectivity index (χ0n) is 15.8. The van der Waals surface area contributed by atoms with Gasteiger partial charge in [0, 0.05) is 38.9 Å². The highest BCUT2D eigenvalue weighted by Crippen LogP contribution is 2.22. The fraction of sp³-hybridized carbons (Fsp3) is 0.526. The molecule has 1 fully saturated rings. The molecule has 0 spiro atoms. The molecule has 3 heterocycles. The van der Waals surface area contributed by atoms with Crippen LogP contribution in [0.5, 0.6) is 0 Å². The fourth-order valence-electron chi connectivity index (χ4n) is 3.15. The Bertz CT molecular complexity index is 891. The summed E-state index contributed by atoms with van der Waals surface area (Å²) in [5.74, 6) is -0.992. The topological polar surface area (TPSA) is 76.5 Å². The molecule has 8 heteroatoms. The van der Waals surface area contributed by atoms with Gasteiger partial charge in [-0.2, -0.15) is 0 Å². The van der Waals surface area contributed by atoms with Gasteiger partial charge in [-0.1, -0.05) is 13.3 Å². The first-order valence-electron chi connectivity index (χ1n) is 9.43. The lowest BCUT2D eigenvalue weighted by Gasteiger charge is -2.29. The molecule has 0 radical (unpaired) electrons. The molecule has 1 saturated heterocycles. The van der Waals surface area contributed by atoms with Crippen molar-refractivity contribution < 1.29 is 13.9 Å². The number of nitrogens with zero attached hydrogens (tertiary/aromatic N) is 3. The van der Waals surface area contributed by atoms with Crippen molar-refractivity contribution in [3.8, 4) is 0 Å². The quantitative estimate of drug-likeness (QED) is 0.613. The van der Waals surface area contributed by atoms with Gasteiger partial charge in [0.1, 0.15) is 11.2 Å². The minimum absolute atomic E-state index is 0.0865. The second kappa shape index (κ2) is 8.47. The van der Waals surface area contributed by atoms with Crippen LogP contribution in [0.3, 0.4) is 0 Å². The number of carbonyl (C=O) groups is 1. The normalized spacial score (nSPS) is 14.6. The Morgan fingerprint density at radius 3 is 2.74 bits per heavy atom. The fourth-order valence-corrected chi connectivity index (χ4v) is 3.15. The smallest absolute Gasteiger partial charge is 0.343 e. The van der Waals surface area contributed by atoms with Crippen molar-refractivity contribution in [2.45, 2.75) is 33.2 Å². The lowest BCUT2D eigenvalue weighted by atomic mass is 10.1. The van der Waals surface area contributed by atoms with Crippen LogP contribution in [0.15, 0.2) is 17.1 Å². The summed E-state index contributed by atoms with van der Waals surface area (Å²) in [6.45, 7) is 7.41. The maximum absolute atomic E-state index is 14.7. The van der Waals surface area contributed by atoms with E-state index in [1.807, 2.05) is 18.7 Å². The molecule has 0 amide bonds. The number of rotatable bonds is 6. The second-order valence-corrected chi connectivity index (χ2v) is 6.55. The third-order valence-corrected chi connectivity index (χ3v) is 4.69. The average Bonchev–Trinajstić information content (AvgIpc) is 2.69. The molecule has 27 heavy (non-hydrogen) atoms. The van der Waals surface area contributed by atoms with Gasteiger partial charge < -0.3 is 19.5 Å². The molecule has 0 aliphatic carbocycles. The number of pyridine rings is 2. The molecule has 1 aliphatic rings. The van der Waals surface area contributed by atoms with E-state index < -0.39 is 17.2 Å². The molecular weight excluding hydrogens is 351 g/mol. The number of nitrogens with one attached hydrogen (secondary N) is 1. The number of hydrogen-bond donors (Lipinski definition) is 1. The van der Waals surface area contributed by atoms with E-state index in [0.29, 0.717) is 25.3 Å². The number of ether oxygens (including phenoxy) is 1. The van der Waals surface area contributed by atoms with Crippen LogP contribution in [-0.4, -0.2) is 48.3 Å². The Hall–Kier alpha value is -2.48. The van der Waals surface area contributed by atoms with Gasteiger partial charge in [0.25, 0.3) is 0 Å². The van der Waals surface area contributed by atoms with Gasteiger partial charge in [-0.3, -0.25) is 4.79 Å². The van der Waals surface area contributed by atoms with Gasteiger partial charge in [0.2, 0.25) is 5.43 Å². The summed E-state index contributed by atoms with van der Waals surface area (Å²) < 4.78 is 21.6. The number of carbonyl (C=O) groups excluding carboxylic acids is 1. The number of halogens is 1. The second-order valence-electron chi connectivity index (χ2n) is 6.55. The number of aromatic nitrogens is 2. The number of aryl methyl sites for hydroxylation is 1. The number of anilines is 1. The van der Waals surface area contributed by atoms with Crippen LogP contribution in [0.4, 0.5) is 10.2 Å². The van der Waals surface area contributed by atoms with E-state index in [9.17, 15) is 14.0 Å². The summed E-state index contributed by atoms with van der Waals surface area (Å²) in [4.78, 5) is 31.4. The number of hydrogen-bond acceptors (Lipinski definition) is 6. The van der Waals surface area contributed by atoms with Gasteiger partial charge in [-0.15, -0.1) is 0 Å². The molecule has 2 aromatic rings. The highest BCUT2D eigenvalue weighted by Gasteiger charge is 2.22. The third kappa shape index (κ3) is 3.95. The number of fused-ring (bicyclic) bond motifs is 1. The Labute approximate surface area is 157 Å². The predicted molar refractivity (Wildman–Crippen MR) is 102 cm³/mol. The zero-order valence-corrected chi connectivity index (χ0v) is 15.8. The van der Waals surface area contributed by atoms with E-state index in [0.717, 1.165) is 25.9 Å². The molecule has 0 atom stereocenters. The van der Waals surface area contributed by atoms with Crippen LogP contribution >= 0.6 is 0 Å². The van der Waals surface area contributed by atoms with Crippen molar-refractivity contribution >= 4 is 22.8 Å². The summed E-state index contributed by atoms with van der Waals surface area (Å²) in [7, 11) is 0. The summed E-state index contributed by atoms with van der Waals surface area (Å²) in [6.07, 6.45) is 3.07. The Morgan fingerprint density at radius 1 is 1.33 bits per heavy atom. The van der Waals surface area contributed by atoms with Crippen LogP contribution in [-0.2, 0) is 11.3 Å².